The van der Waals surface area contributed by atoms with Crippen molar-refractivity contribution >= 4 is 22.4 Å². The normalized spacial score (nSPS) is 16.3. The van der Waals surface area contributed by atoms with Gasteiger partial charge in [-0.05, 0) is 37.2 Å². The van der Waals surface area contributed by atoms with Gasteiger partial charge in [0.15, 0.2) is 0 Å². The van der Waals surface area contributed by atoms with Gasteiger partial charge >= 0.3 is 0 Å². The Morgan fingerprint density at radius 2 is 1.96 bits per heavy atom. The van der Waals surface area contributed by atoms with Crippen LogP contribution in [0.2, 0.25) is 0 Å². The number of amides is 1. The maximum absolute atomic E-state index is 12.3. The molecule has 2 aromatic heterocycles. The molecule has 0 saturated carbocycles. The number of anilines is 1. The van der Waals surface area contributed by atoms with Crippen LogP contribution in [0, 0.1) is 0 Å². The predicted molar refractivity (Wildman–Crippen MR) is 99.8 cm³/mol. The van der Waals surface area contributed by atoms with Gasteiger partial charge in [0, 0.05) is 39.1 Å². The summed E-state index contributed by atoms with van der Waals surface area (Å²) in [7, 11) is 1.61. The zero-order chi connectivity index (χ0) is 18.2. The summed E-state index contributed by atoms with van der Waals surface area (Å²) in [6, 6.07) is 4.10. The van der Waals surface area contributed by atoms with E-state index in [4.69, 9.17) is 4.74 Å². The van der Waals surface area contributed by atoms with Crippen molar-refractivity contribution in [3.05, 3.63) is 35.1 Å². The second-order valence-electron chi connectivity index (χ2n) is 6.24. The molecule has 26 heavy (non-hydrogen) atoms. The van der Waals surface area contributed by atoms with Gasteiger partial charge < -0.3 is 4.74 Å². The van der Waals surface area contributed by atoms with Crippen LogP contribution in [0.15, 0.2) is 24.5 Å². The molecule has 8 nitrogen and oxygen atoms in total. The van der Waals surface area contributed by atoms with E-state index in [9.17, 15) is 4.79 Å². The molecule has 140 valence electrons. The number of carbonyl (C=O) groups is 1. The third kappa shape index (κ3) is 5.80. The van der Waals surface area contributed by atoms with E-state index < -0.39 is 0 Å². The monoisotopic (exact) mass is 376 g/mol. The first-order valence-electron chi connectivity index (χ1n) is 8.67. The summed E-state index contributed by atoms with van der Waals surface area (Å²) < 4.78 is 5.01. The van der Waals surface area contributed by atoms with Crippen LogP contribution >= 0.6 is 11.3 Å². The molecule has 0 radical (unpaired) electrons. The van der Waals surface area contributed by atoms with Crippen LogP contribution in [0.4, 0.5) is 5.13 Å². The first-order valence-corrected chi connectivity index (χ1v) is 9.49. The summed E-state index contributed by atoms with van der Waals surface area (Å²) in [4.78, 5) is 20.9. The van der Waals surface area contributed by atoms with Gasteiger partial charge in [-0.3, -0.25) is 24.9 Å². The van der Waals surface area contributed by atoms with Crippen molar-refractivity contribution in [1.29, 1.82) is 0 Å². The van der Waals surface area contributed by atoms with Crippen LogP contribution in [0.3, 0.4) is 0 Å². The minimum Gasteiger partial charge on any atom is -0.377 e. The molecule has 1 N–H and O–H groups in total. The summed E-state index contributed by atoms with van der Waals surface area (Å²) in [6.07, 6.45) is 4.71. The molecule has 2 aromatic rings. The molecule has 0 unspecified atom stereocenters. The van der Waals surface area contributed by atoms with E-state index in [1.807, 2.05) is 12.4 Å². The van der Waals surface area contributed by atoms with Crippen LogP contribution in [0.25, 0.3) is 0 Å². The number of pyridine rings is 1. The molecular weight excluding hydrogens is 352 g/mol. The maximum atomic E-state index is 12.3. The Kier molecular flexibility index (Phi) is 7.01. The fourth-order valence-electron chi connectivity index (χ4n) is 2.93. The van der Waals surface area contributed by atoms with Crippen LogP contribution in [-0.2, 0) is 22.7 Å². The van der Waals surface area contributed by atoms with Gasteiger partial charge in [-0.15, -0.1) is 10.2 Å². The second kappa shape index (κ2) is 9.67. The lowest BCUT2D eigenvalue weighted by Gasteiger charge is -2.21. The van der Waals surface area contributed by atoms with E-state index in [1.54, 1.807) is 7.11 Å². The molecular formula is C17H24N6O2S. The average molecular weight is 376 g/mol. The zero-order valence-corrected chi connectivity index (χ0v) is 15.7. The van der Waals surface area contributed by atoms with Crippen molar-refractivity contribution in [3.63, 3.8) is 0 Å². The Hall–Kier alpha value is -1.94. The van der Waals surface area contributed by atoms with Crippen LogP contribution < -0.4 is 5.32 Å². The molecule has 9 heteroatoms. The molecule has 0 spiro atoms. The van der Waals surface area contributed by atoms with Gasteiger partial charge in [0.05, 0.1) is 6.54 Å². The zero-order valence-electron chi connectivity index (χ0n) is 14.9. The third-order valence-corrected chi connectivity index (χ3v) is 5.00. The number of carbonyl (C=O) groups excluding carboxylic acids is 1. The van der Waals surface area contributed by atoms with Crippen LogP contribution in [0.5, 0.6) is 0 Å². The van der Waals surface area contributed by atoms with Crippen LogP contribution in [0.1, 0.15) is 17.0 Å². The molecule has 3 rings (SSSR count). The first kappa shape index (κ1) is 18.8. The lowest BCUT2D eigenvalue weighted by Crippen LogP contribution is -2.36. The van der Waals surface area contributed by atoms with Gasteiger partial charge in [0.1, 0.15) is 11.6 Å². The Bertz CT molecular complexity index is 696. The number of hydrogen-bond acceptors (Lipinski definition) is 8. The molecule has 1 saturated heterocycles. The second-order valence-corrected chi connectivity index (χ2v) is 7.31. The molecule has 1 amide bonds. The predicted octanol–water partition coefficient (Wildman–Crippen LogP) is 1.23. The Labute approximate surface area is 157 Å². The van der Waals surface area contributed by atoms with Crippen molar-refractivity contribution in [2.75, 3.05) is 45.2 Å². The molecule has 1 aliphatic heterocycles. The quantitative estimate of drug-likeness (QED) is 0.778. The topological polar surface area (TPSA) is 83.5 Å². The van der Waals surface area contributed by atoms with Gasteiger partial charge in [0.2, 0.25) is 11.0 Å². The number of nitrogens with one attached hydrogen (secondary N) is 1. The van der Waals surface area contributed by atoms with E-state index in [-0.39, 0.29) is 5.91 Å². The Morgan fingerprint density at radius 1 is 1.19 bits per heavy atom. The maximum Gasteiger partial charge on any atom is 0.240 e. The molecule has 1 fully saturated rings. The van der Waals surface area contributed by atoms with Crippen molar-refractivity contribution in [1.82, 2.24) is 25.0 Å². The Balaban J connectivity index is 1.44. The molecule has 0 aliphatic carbocycles. The van der Waals surface area contributed by atoms with E-state index >= 15 is 0 Å². The molecule has 0 bridgehead atoms. The minimum absolute atomic E-state index is 0.0484. The molecule has 1 aliphatic rings. The number of hydrogen-bond donors (Lipinski definition) is 1. The summed E-state index contributed by atoms with van der Waals surface area (Å²) in [5, 5.41) is 12.1. The Morgan fingerprint density at radius 3 is 2.77 bits per heavy atom. The minimum atomic E-state index is -0.0484. The van der Waals surface area contributed by atoms with Gasteiger partial charge in [0.25, 0.3) is 0 Å². The first-order chi connectivity index (χ1) is 12.7. The number of aromatic nitrogens is 3. The number of methoxy groups -OCH3 is 1. The van der Waals surface area contributed by atoms with E-state index in [0.29, 0.717) is 18.3 Å². The van der Waals surface area contributed by atoms with Crippen molar-refractivity contribution < 1.29 is 9.53 Å². The van der Waals surface area contributed by atoms with E-state index in [2.05, 4.69) is 42.4 Å². The largest absolute Gasteiger partial charge is 0.377 e. The van der Waals surface area contributed by atoms with Crippen molar-refractivity contribution in [2.24, 2.45) is 0 Å². The third-order valence-electron chi connectivity index (χ3n) is 4.18. The smallest absolute Gasteiger partial charge is 0.240 e. The fraction of sp³-hybridized carbons (Fsp3) is 0.529. The van der Waals surface area contributed by atoms with Gasteiger partial charge in [-0.25, -0.2) is 0 Å². The van der Waals surface area contributed by atoms with Crippen molar-refractivity contribution in [2.45, 2.75) is 19.6 Å². The molecule has 0 aromatic carbocycles. The summed E-state index contributed by atoms with van der Waals surface area (Å²) >= 11 is 1.34. The van der Waals surface area contributed by atoms with Gasteiger partial charge in [-0.2, -0.15) is 0 Å². The van der Waals surface area contributed by atoms with Crippen molar-refractivity contribution in [3.8, 4) is 0 Å². The number of ether oxygens (including phenoxy) is 1. The lowest BCUT2D eigenvalue weighted by atomic mass is 10.2. The van der Waals surface area contributed by atoms with Crippen LogP contribution in [-0.4, -0.2) is 70.7 Å². The standard InChI is InChI=1S/C17H24N6O2S/c1-25-13-16-20-21-17(26-16)19-15(24)12-23-8-2-7-22(9-10-23)11-14-3-5-18-6-4-14/h3-6H,2,7-13H2,1H3,(H,19,21,24). The van der Waals surface area contributed by atoms with Gasteiger partial charge in [-0.1, -0.05) is 11.3 Å². The highest BCUT2D eigenvalue weighted by Crippen LogP contribution is 2.16. The summed E-state index contributed by atoms with van der Waals surface area (Å²) in [6.45, 7) is 5.50. The highest BCUT2D eigenvalue weighted by molar-refractivity contribution is 7.15. The van der Waals surface area contributed by atoms with E-state index in [1.165, 1.54) is 16.9 Å². The molecule has 3 heterocycles. The highest BCUT2D eigenvalue weighted by atomic mass is 32.1. The average Bonchev–Trinajstić information content (AvgIpc) is 2.95. The highest BCUT2D eigenvalue weighted by Gasteiger charge is 2.18. The fourth-order valence-corrected chi connectivity index (χ4v) is 3.66. The number of nitrogens with zero attached hydrogens (tertiary/aromatic N) is 5. The lowest BCUT2D eigenvalue weighted by molar-refractivity contribution is -0.117. The summed E-state index contributed by atoms with van der Waals surface area (Å²) in [5.41, 5.74) is 1.27. The summed E-state index contributed by atoms with van der Waals surface area (Å²) in [5.74, 6) is -0.0484. The van der Waals surface area contributed by atoms with E-state index in [0.717, 1.165) is 44.2 Å². The molecule has 0 atom stereocenters. The SMILES string of the molecule is COCc1nnc(NC(=O)CN2CCCN(Cc3ccncc3)CC2)s1. The number of rotatable bonds is 7.